The molecule has 0 bridgehead atoms. The van der Waals surface area contributed by atoms with Crippen LogP contribution in [-0.4, -0.2) is 9.97 Å². The van der Waals surface area contributed by atoms with Gasteiger partial charge in [0.1, 0.15) is 10.7 Å². The third-order valence-electron chi connectivity index (χ3n) is 2.09. The molecular formula is C11H7F2N3S. The summed E-state index contributed by atoms with van der Waals surface area (Å²) in [6, 6.07) is 4.84. The van der Waals surface area contributed by atoms with Gasteiger partial charge in [-0.25, -0.2) is 13.8 Å². The van der Waals surface area contributed by atoms with E-state index < -0.39 is 6.43 Å². The molecule has 2 aromatic heterocycles. The molecule has 6 heteroatoms. The topological polar surface area (TPSA) is 49.6 Å². The standard InChI is InChI=1S/C11H7F2N3S/c12-11(13)8-2-1-7(5-15-8)9-6-17-10(16-9)3-4-14/h1-2,5-6,11H,3H2. The van der Waals surface area contributed by atoms with Gasteiger partial charge in [-0.1, -0.05) is 0 Å². The fourth-order valence-electron chi connectivity index (χ4n) is 1.28. The van der Waals surface area contributed by atoms with Crippen molar-refractivity contribution in [3.8, 4) is 17.3 Å². The molecule has 0 saturated heterocycles. The summed E-state index contributed by atoms with van der Waals surface area (Å²) in [5.74, 6) is 0. The molecule has 0 atom stereocenters. The van der Waals surface area contributed by atoms with Crippen molar-refractivity contribution in [1.82, 2.24) is 9.97 Å². The van der Waals surface area contributed by atoms with E-state index in [4.69, 9.17) is 5.26 Å². The van der Waals surface area contributed by atoms with Crippen LogP contribution in [-0.2, 0) is 6.42 Å². The van der Waals surface area contributed by atoms with Gasteiger partial charge in [0.05, 0.1) is 18.2 Å². The third-order valence-corrected chi connectivity index (χ3v) is 2.94. The van der Waals surface area contributed by atoms with E-state index in [0.29, 0.717) is 16.3 Å². The first-order chi connectivity index (χ1) is 8.20. The lowest BCUT2D eigenvalue weighted by Crippen LogP contribution is -1.90. The average Bonchev–Trinajstić information content (AvgIpc) is 2.78. The lowest BCUT2D eigenvalue weighted by molar-refractivity contribution is 0.146. The lowest BCUT2D eigenvalue weighted by Gasteiger charge is -1.99. The predicted molar refractivity (Wildman–Crippen MR) is 59.6 cm³/mol. The van der Waals surface area contributed by atoms with E-state index in [-0.39, 0.29) is 12.1 Å². The van der Waals surface area contributed by atoms with Crippen molar-refractivity contribution in [2.24, 2.45) is 0 Å². The Bertz CT molecular complexity index is 543. The maximum atomic E-state index is 12.3. The molecule has 0 aromatic carbocycles. The van der Waals surface area contributed by atoms with Crippen LogP contribution < -0.4 is 0 Å². The Morgan fingerprint density at radius 1 is 1.41 bits per heavy atom. The van der Waals surface area contributed by atoms with Crippen LogP contribution in [0.2, 0.25) is 0 Å². The first kappa shape index (κ1) is 11.6. The number of thiazole rings is 1. The zero-order valence-corrected chi connectivity index (χ0v) is 9.42. The van der Waals surface area contributed by atoms with Crippen LogP contribution >= 0.6 is 11.3 Å². The van der Waals surface area contributed by atoms with Crippen LogP contribution in [0.15, 0.2) is 23.7 Å². The minimum atomic E-state index is -2.56. The highest BCUT2D eigenvalue weighted by Crippen LogP contribution is 2.23. The zero-order valence-electron chi connectivity index (χ0n) is 8.60. The molecule has 0 aliphatic rings. The first-order valence-corrected chi connectivity index (χ1v) is 5.64. The molecule has 0 saturated carbocycles. The molecule has 0 unspecified atom stereocenters. The highest BCUT2D eigenvalue weighted by molar-refractivity contribution is 7.10. The number of rotatable bonds is 3. The number of alkyl halides is 2. The van der Waals surface area contributed by atoms with E-state index in [1.807, 2.05) is 6.07 Å². The summed E-state index contributed by atoms with van der Waals surface area (Å²) in [6.07, 6.45) is -0.937. The second-order valence-corrected chi connectivity index (χ2v) is 4.18. The molecular weight excluding hydrogens is 244 g/mol. The molecule has 2 aromatic rings. The summed E-state index contributed by atoms with van der Waals surface area (Å²) in [4.78, 5) is 7.87. The second-order valence-electron chi connectivity index (χ2n) is 3.23. The van der Waals surface area contributed by atoms with Gasteiger partial charge < -0.3 is 0 Å². The summed E-state index contributed by atoms with van der Waals surface area (Å²) < 4.78 is 24.6. The van der Waals surface area contributed by atoms with Crippen LogP contribution in [0.25, 0.3) is 11.3 Å². The Hall–Kier alpha value is -1.87. The highest BCUT2D eigenvalue weighted by Gasteiger charge is 2.09. The maximum Gasteiger partial charge on any atom is 0.280 e. The van der Waals surface area contributed by atoms with E-state index in [2.05, 4.69) is 9.97 Å². The Balaban J connectivity index is 2.24. The van der Waals surface area contributed by atoms with Crippen LogP contribution in [0, 0.1) is 11.3 Å². The predicted octanol–water partition coefficient (Wildman–Crippen LogP) is 3.21. The smallest absolute Gasteiger partial charge is 0.255 e. The SMILES string of the molecule is N#CCc1nc(-c2ccc(C(F)F)nc2)cs1. The van der Waals surface area contributed by atoms with E-state index >= 15 is 0 Å². The zero-order chi connectivity index (χ0) is 12.3. The molecule has 0 spiro atoms. The van der Waals surface area contributed by atoms with Gasteiger partial charge in [-0.05, 0) is 12.1 Å². The fraction of sp³-hybridized carbons (Fsp3) is 0.182. The molecule has 0 aliphatic carbocycles. The minimum Gasteiger partial charge on any atom is -0.255 e. The Morgan fingerprint density at radius 2 is 2.24 bits per heavy atom. The number of hydrogen-bond acceptors (Lipinski definition) is 4. The molecule has 2 heterocycles. The van der Waals surface area contributed by atoms with Gasteiger partial charge in [0, 0.05) is 17.1 Å². The number of hydrogen-bond donors (Lipinski definition) is 0. The molecule has 0 radical (unpaired) electrons. The van der Waals surface area contributed by atoms with Gasteiger partial charge in [-0.15, -0.1) is 11.3 Å². The molecule has 0 amide bonds. The molecule has 3 nitrogen and oxygen atoms in total. The summed E-state index contributed by atoms with van der Waals surface area (Å²) in [6.45, 7) is 0. The lowest BCUT2D eigenvalue weighted by atomic mass is 10.2. The molecule has 2 rings (SSSR count). The van der Waals surface area contributed by atoms with Gasteiger partial charge in [-0.3, -0.25) is 4.98 Å². The van der Waals surface area contributed by atoms with Crippen molar-refractivity contribution >= 4 is 11.3 Å². The Kier molecular flexibility index (Phi) is 3.40. The van der Waals surface area contributed by atoms with Gasteiger partial charge >= 0.3 is 0 Å². The van der Waals surface area contributed by atoms with Gasteiger partial charge in [0.25, 0.3) is 6.43 Å². The van der Waals surface area contributed by atoms with Crippen molar-refractivity contribution in [3.63, 3.8) is 0 Å². The van der Waals surface area contributed by atoms with Crippen molar-refractivity contribution in [2.45, 2.75) is 12.8 Å². The summed E-state index contributed by atoms with van der Waals surface area (Å²) >= 11 is 1.37. The van der Waals surface area contributed by atoms with E-state index in [1.165, 1.54) is 23.6 Å². The Morgan fingerprint density at radius 3 is 2.82 bits per heavy atom. The van der Waals surface area contributed by atoms with Crippen LogP contribution in [0.1, 0.15) is 17.1 Å². The average molecular weight is 251 g/mol. The number of halogens is 2. The maximum absolute atomic E-state index is 12.3. The number of aromatic nitrogens is 2. The summed E-state index contributed by atoms with van der Waals surface area (Å²) in [7, 11) is 0. The van der Waals surface area contributed by atoms with E-state index in [1.54, 1.807) is 11.4 Å². The van der Waals surface area contributed by atoms with Gasteiger partial charge in [0.15, 0.2) is 0 Å². The minimum absolute atomic E-state index is 0.249. The summed E-state index contributed by atoms with van der Waals surface area (Å²) in [5, 5.41) is 11.0. The number of nitriles is 1. The van der Waals surface area contributed by atoms with Crippen LogP contribution in [0.3, 0.4) is 0 Å². The monoisotopic (exact) mass is 251 g/mol. The molecule has 0 fully saturated rings. The molecule has 17 heavy (non-hydrogen) atoms. The number of nitrogens with zero attached hydrogens (tertiary/aromatic N) is 3. The van der Waals surface area contributed by atoms with Crippen molar-refractivity contribution in [1.29, 1.82) is 5.26 Å². The van der Waals surface area contributed by atoms with Crippen molar-refractivity contribution in [3.05, 3.63) is 34.4 Å². The quantitative estimate of drug-likeness (QED) is 0.841. The molecule has 0 aliphatic heterocycles. The highest BCUT2D eigenvalue weighted by atomic mass is 32.1. The largest absolute Gasteiger partial charge is 0.280 e. The van der Waals surface area contributed by atoms with Crippen LogP contribution in [0.5, 0.6) is 0 Å². The normalized spacial score (nSPS) is 10.5. The van der Waals surface area contributed by atoms with Gasteiger partial charge in [-0.2, -0.15) is 5.26 Å². The summed E-state index contributed by atoms with van der Waals surface area (Å²) in [5.41, 5.74) is 1.09. The van der Waals surface area contributed by atoms with Crippen LogP contribution in [0.4, 0.5) is 8.78 Å². The van der Waals surface area contributed by atoms with E-state index in [0.717, 1.165) is 0 Å². The van der Waals surface area contributed by atoms with E-state index in [9.17, 15) is 8.78 Å². The Labute approximate surface area is 100 Å². The fourth-order valence-corrected chi connectivity index (χ4v) is 2.01. The number of pyridine rings is 1. The molecule has 0 N–H and O–H groups in total. The third kappa shape index (κ3) is 2.63. The molecule has 86 valence electrons. The second kappa shape index (κ2) is 4.97. The van der Waals surface area contributed by atoms with Gasteiger partial charge in [0.2, 0.25) is 0 Å². The first-order valence-electron chi connectivity index (χ1n) is 4.76. The van der Waals surface area contributed by atoms with Crippen molar-refractivity contribution < 1.29 is 8.78 Å². The van der Waals surface area contributed by atoms with Crippen molar-refractivity contribution in [2.75, 3.05) is 0 Å².